The Morgan fingerprint density at radius 3 is 2.81 bits per heavy atom. The number of aromatic nitrogens is 1. The third kappa shape index (κ3) is 4.82. The van der Waals surface area contributed by atoms with Crippen molar-refractivity contribution < 1.29 is 13.2 Å². The zero-order valence-electron chi connectivity index (χ0n) is 12.0. The lowest BCUT2D eigenvalue weighted by atomic mass is 10.3. The summed E-state index contributed by atoms with van der Waals surface area (Å²) in [6.07, 6.45) is 2.80. The van der Waals surface area contributed by atoms with Crippen molar-refractivity contribution in [2.45, 2.75) is 11.3 Å². The molecule has 3 N–H and O–H groups in total. The summed E-state index contributed by atoms with van der Waals surface area (Å²) in [4.78, 5) is 15.1. The van der Waals surface area contributed by atoms with Crippen LogP contribution < -0.4 is 11.1 Å². The van der Waals surface area contributed by atoms with Gasteiger partial charge in [-0.25, -0.2) is 12.7 Å². The molecule has 1 heterocycles. The highest BCUT2D eigenvalue weighted by Gasteiger charge is 2.21. The fourth-order valence-corrected chi connectivity index (χ4v) is 2.63. The number of sulfonamides is 1. The molecular weight excluding hydrogens is 292 g/mol. The van der Waals surface area contributed by atoms with Crippen LogP contribution >= 0.6 is 0 Å². The fraction of sp³-hybridized carbons (Fsp3) is 0.385. The van der Waals surface area contributed by atoms with Crippen LogP contribution in [0.1, 0.15) is 12.0 Å². The molecule has 1 aromatic rings. The average molecular weight is 310 g/mol. The van der Waals surface area contributed by atoms with Crippen LogP contribution in [0.15, 0.2) is 23.4 Å². The van der Waals surface area contributed by atoms with E-state index in [1.807, 2.05) is 0 Å². The van der Waals surface area contributed by atoms with Crippen molar-refractivity contribution in [1.82, 2.24) is 14.6 Å². The van der Waals surface area contributed by atoms with Crippen LogP contribution in [0.4, 0.5) is 0 Å². The lowest BCUT2D eigenvalue weighted by molar-refractivity contribution is -0.120. The highest BCUT2D eigenvalue weighted by Crippen LogP contribution is 2.14. The third-order valence-electron chi connectivity index (χ3n) is 2.69. The van der Waals surface area contributed by atoms with Crippen molar-refractivity contribution in [2.24, 2.45) is 5.73 Å². The number of carbonyl (C=O) groups excluding carboxylic acids is 1. The Balaban J connectivity index is 2.94. The van der Waals surface area contributed by atoms with Gasteiger partial charge in [0, 0.05) is 45.0 Å². The SMILES string of the molecule is CNC(=O)CCN(C)S(=O)(=O)c1cncc(C#CCN)c1. The molecule has 0 bridgehead atoms. The standard InChI is InChI=1S/C13H18N4O3S/c1-15-13(18)5-7-17(2)21(19,20)12-8-11(4-3-6-14)9-16-10-12/h8-10H,5-7,14H2,1-2H3,(H,15,18). The number of nitrogens with two attached hydrogens (primary N) is 1. The smallest absolute Gasteiger partial charge is 0.244 e. The summed E-state index contributed by atoms with van der Waals surface area (Å²) < 4.78 is 25.8. The maximum Gasteiger partial charge on any atom is 0.244 e. The molecule has 0 spiro atoms. The zero-order valence-corrected chi connectivity index (χ0v) is 12.8. The van der Waals surface area contributed by atoms with Crippen LogP contribution in [0.2, 0.25) is 0 Å². The summed E-state index contributed by atoms with van der Waals surface area (Å²) in [5.41, 5.74) is 5.74. The molecule has 8 heteroatoms. The van der Waals surface area contributed by atoms with Crippen molar-refractivity contribution in [3.63, 3.8) is 0 Å². The zero-order chi connectivity index (χ0) is 15.9. The van der Waals surface area contributed by atoms with Crippen molar-refractivity contribution in [1.29, 1.82) is 0 Å². The number of hydrogen-bond donors (Lipinski definition) is 2. The van der Waals surface area contributed by atoms with Gasteiger partial charge < -0.3 is 11.1 Å². The van der Waals surface area contributed by atoms with E-state index < -0.39 is 10.0 Å². The van der Waals surface area contributed by atoms with Gasteiger partial charge in [0.1, 0.15) is 4.90 Å². The maximum atomic E-state index is 12.3. The van der Waals surface area contributed by atoms with E-state index in [0.29, 0.717) is 5.56 Å². The highest BCUT2D eigenvalue weighted by molar-refractivity contribution is 7.89. The van der Waals surface area contributed by atoms with Crippen molar-refractivity contribution in [3.8, 4) is 11.8 Å². The summed E-state index contributed by atoms with van der Waals surface area (Å²) >= 11 is 0. The van der Waals surface area contributed by atoms with E-state index in [9.17, 15) is 13.2 Å². The van der Waals surface area contributed by atoms with Crippen LogP contribution in [-0.4, -0.2) is 50.8 Å². The Morgan fingerprint density at radius 2 is 2.19 bits per heavy atom. The first kappa shape index (κ1) is 17.1. The first-order valence-corrected chi connectivity index (χ1v) is 7.66. The molecule has 7 nitrogen and oxygen atoms in total. The topological polar surface area (TPSA) is 105 Å². The van der Waals surface area contributed by atoms with E-state index in [2.05, 4.69) is 22.1 Å². The average Bonchev–Trinajstić information content (AvgIpc) is 2.50. The molecule has 1 amide bonds. The lowest BCUT2D eigenvalue weighted by Gasteiger charge is -2.16. The van der Waals surface area contributed by atoms with Gasteiger partial charge >= 0.3 is 0 Å². The number of pyridine rings is 1. The minimum Gasteiger partial charge on any atom is -0.359 e. The number of nitrogens with one attached hydrogen (secondary N) is 1. The molecule has 114 valence electrons. The molecule has 0 saturated heterocycles. The Bertz CT molecular complexity index is 661. The van der Waals surface area contributed by atoms with Crippen LogP contribution in [-0.2, 0) is 14.8 Å². The van der Waals surface area contributed by atoms with Crippen LogP contribution in [0.3, 0.4) is 0 Å². The summed E-state index contributed by atoms with van der Waals surface area (Å²) in [5.74, 6) is 5.14. The predicted molar refractivity (Wildman–Crippen MR) is 78.7 cm³/mol. The summed E-state index contributed by atoms with van der Waals surface area (Å²) in [7, 11) is -0.785. The normalized spacial score (nSPS) is 10.9. The number of nitrogens with zero attached hydrogens (tertiary/aromatic N) is 2. The van der Waals surface area contributed by atoms with Crippen molar-refractivity contribution in [2.75, 3.05) is 27.2 Å². The van der Waals surface area contributed by atoms with Gasteiger partial charge in [0.15, 0.2) is 0 Å². The second-order valence-corrected chi connectivity index (χ2v) is 6.21. The summed E-state index contributed by atoms with van der Waals surface area (Å²) in [6, 6.07) is 1.43. The van der Waals surface area contributed by atoms with Gasteiger partial charge in [0.2, 0.25) is 15.9 Å². The van der Waals surface area contributed by atoms with E-state index in [4.69, 9.17) is 5.73 Å². The molecule has 1 rings (SSSR count). The van der Waals surface area contributed by atoms with E-state index >= 15 is 0 Å². The molecule has 0 fully saturated rings. The Kier molecular flexibility index (Phi) is 6.30. The third-order valence-corrected chi connectivity index (χ3v) is 4.51. The predicted octanol–water partition coefficient (Wildman–Crippen LogP) is -0.852. The summed E-state index contributed by atoms with van der Waals surface area (Å²) in [5, 5.41) is 2.44. The molecule has 0 aliphatic rings. The molecular formula is C13H18N4O3S. The van der Waals surface area contributed by atoms with Crippen molar-refractivity contribution >= 4 is 15.9 Å². The van der Waals surface area contributed by atoms with Crippen LogP contribution in [0.25, 0.3) is 0 Å². The van der Waals surface area contributed by atoms with Gasteiger partial charge in [0.25, 0.3) is 0 Å². The van der Waals surface area contributed by atoms with Crippen molar-refractivity contribution in [3.05, 3.63) is 24.0 Å². The monoisotopic (exact) mass is 310 g/mol. The van der Waals surface area contributed by atoms with Gasteiger partial charge in [0.05, 0.1) is 6.54 Å². The molecule has 1 aromatic heterocycles. The Hall–Kier alpha value is -1.95. The largest absolute Gasteiger partial charge is 0.359 e. The van der Waals surface area contributed by atoms with Gasteiger partial charge in [-0.05, 0) is 6.07 Å². The van der Waals surface area contributed by atoms with Gasteiger partial charge in [-0.1, -0.05) is 11.8 Å². The minimum absolute atomic E-state index is 0.0331. The molecule has 21 heavy (non-hydrogen) atoms. The first-order valence-electron chi connectivity index (χ1n) is 6.22. The second kappa shape index (κ2) is 7.73. The van der Waals surface area contributed by atoms with E-state index in [0.717, 1.165) is 4.31 Å². The number of hydrogen-bond acceptors (Lipinski definition) is 5. The van der Waals surface area contributed by atoms with E-state index in [1.54, 1.807) is 0 Å². The molecule has 0 aromatic carbocycles. The Morgan fingerprint density at radius 1 is 1.48 bits per heavy atom. The summed E-state index contributed by atoms with van der Waals surface area (Å²) in [6.45, 7) is 0.268. The molecule has 0 atom stereocenters. The second-order valence-electron chi connectivity index (χ2n) is 4.16. The van der Waals surface area contributed by atoms with Gasteiger partial charge in [-0.2, -0.15) is 0 Å². The molecule has 0 aliphatic heterocycles. The lowest BCUT2D eigenvalue weighted by Crippen LogP contribution is -2.31. The molecule has 0 saturated carbocycles. The molecule has 0 aliphatic carbocycles. The Labute approximate surface area is 124 Å². The number of carbonyl (C=O) groups is 1. The van der Waals surface area contributed by atoms with Crippen LogP contribution in [0.5, 0.6) is 0 Å². The van der Waals surface area contributed by atoms with Gasteiger partial charge in [-0.3, -0.25) is 9.78 Å². The highest BCUT2D eigenvalue weighted by atomic mass is 32.2. The van der Waals surface area contributed by atoms with Crippen LogP contribution in [0, 0.1) is 11.8 Å². The first-order chi connectivity index (χ1) is 9.91. The number of amides is 1. The van der Waals surface area contributed by atoms with Gasteiger partial charge in [-0.15, -0.1) is 0 Å². The quantitative estimate of drug-likeness (QED) is 0.689. The molecule has 0 unspecified atom stereocenters. The fourth-order valence-electron chi connectivity index (χ4n) is 1.47. The minimum atomic E-state index is -3.70. The van der Waals surface area contributed by atoms with E-state index in [-0.39, 0.29) is 30.3 Å². The maximum absolute atomic E-state index is 12.3. The molecule has 0 radical (unpaired) electrons. The number of rotatable bonds is 5. The van der Waals surface area contributed by atoms with E-state index in [1.165, 1.54) is 32.6 Å².